The van der Waals surface area contributed by atoms with Crippen LogP contribution in [0.15, 0.2) is 66.0 Å². The molecule has 1 heterocycles. The van der Waals surface area contributed by atoms with Crippen LogP contribution >= 0.6 is 11.3 Å². The second-order valence-electron chi connectivity index (χ2n) is 6.70. The van der Waals surface area contributed by atoms with Crippen molar-refractivity contribution in [2.24, 2.45) is 0 Å². The maximum atomic E-state index is 13.0. The van der Waals surface area contributed by atoms with Crippen LogP contribution in [0.3, 0.4) is 0 Å². The van der Waals surface area contributed by atoms with Gasteiger partial charge in [-0.25, -0.2) is 0 Å². The molecule has 1 N–H and O–H groups in total. The predicted octanol–water partition coefficient (Wildman–Crippen LogP) is 4.34. The topological polar surface area (TPSA) is 52.6 Å². The van der Waals surface area contributed by atoms with Crippen molar-refractivity contribution in [3.05, 3.63) is 82.0 Å². The lowest BCUT2D eigenvalue weighted by atomic mass is 10.1. The fraction of sp³-hybridized carbons (Fsp3) is 0.182. The van der Waals surface area contributed by atoms with Crippen molar-refractivity contribution in [1.82, 2.24) is 4.90 Å². The lowest BCUT2D eigenvalue weighted by Crippen LogP contribution is -2.27. The summed E-state index contributed by atoms with van der Waals surface area (Å²) in [6.07, 6.45) is 0. The summed E-state index contributed by atoms with van der Waals surface area (Å²) in [7, 11) is 5.75. The molecule has 5 nitrogen and oxygen atoms in total. The summed E-state index contributed by atoms with van der Waals surface area (Å²) in [5.41, 5.74) is 3.14. The largest absolute Gasteiger partial charge is 0.378 e. The molecule has 144 valence electrons. The highest BCUT2D eigenvalue weighted by molar-refractivity contribution is 7.12. The van der Waals surface area contributed by atoms with Crippen LogP contribution < -0.4 is 10.2 Å². The normalized spacial score (nSPS) is 10.4. The van der Waals surface area contributed by atoms with Gasteiger partial charge < -0.3 is 15.1 Å². The van der Waals surface area contributed by atoms with E-state index in [1.54, 1.807) is 42.3 Å². The Kier molecular flexibility index (Phi) is 6.11. The zero-order chi connectivity index (χ0) is 20.1. The van der Waals surface area contributed by atoms with Gasteiger partial charge in [-0.05, 0) is 41.3 Å². The molecule has 1 aromatic heterocycles. The minimum Gasteiger partial charge on any atom is -0.378 e. The quantitative estimate of drug-likeness (QED) is 0.678. The predicted molar refractivity (Wildman–Crippen MR) is 115 cm³/mol. The second-order valence-corrected chi connectivity index (χ2v) is 7.65. The van der Waals surface area contributed by atoms with Gasteiger partial charge in [0.2, 0.25) is 0 Å². The van der Waals surface area contributed by atoms with Gasteiger partial charge in [-0.1, -0.05) is 30.3 Å². The Morgan fingerprint density at radius 1 is 0.929 bits per heavy atom. The number of carbonyl (C=O) groups is 2. The SMILES string of the molecule is CN(Cc1ccc(N(C)C)cc1)C(=O)c1ccccc1NC(=O)c1cccs1. The summed E-state index contributed by atoms with van der Waals surface area (Å²) in [5.74, 6) is -0.351. The summed E-state index contributed by atoms with van der Waals surface area (Å²) in [6, 6.07) is 18.8. The molecule has 28 heavy (non-hydrogen) atoms. The molecule has 6 heteroatoms. The summed E-state index contributed by atoms with van der Waals surface area (Å²) in [5, 5.41) is 4.70. The molecule has 0 saturated carbocycles. The molecule has 0 aliphatic heterocycles. The molecule has 0 fully saturated rings. The van der Waals surface area contributed by atoms with Crippen LogP contribution in [0.5, 0.6) is 0 Å². The van der Waals surface area contributed by atoms with Crippen LogP contribution in [-0.4, -0.2) is 37.9 Å². The van der Waals surface area contributed by atoms with Gasteiger partial charge in [0.25, 0.3) is 11.8 Å². The highest BCUT2D eigenvalue weighted by Crippen LogP contribution is 2.20. The second kappa shape index (κ2) is 8.71. The first kappa shape index (κ1) is 19.6. The van der Waals surface area contributed by atoms with Crippen molar-refractivity contribution in [3.63, 3.8) is 0 Å². The van der Waals surface area contributed by atoms with Gasteiger partial charge in [-0.3, -0.25) is 9.59 Å². The van der Waals surface area contributed by atoms with Crippen molar-refractivity contribution < 1.29 is 9.59 Å². The van der Waals surface area contributed by atoms with Gasteiger partial charge in [-0.2, -0.15) is 0 Å². The Morgan fingerprint density at radius 2 is 1.64 bits per heavy atom. The Labute approximate surface area is 169 Å². The molecular weight excluding hydrogens is 370 g/mol. The zero-order valence-corrected chi connectivity index (χ0v) is 17.0. The molecule has 0 atom stereocenters. The minimum atomic E-state index is -0.211. The maximum Gasteiger partial charge on any atom is 0.265 e. The molecule has 0 spiro atoms. The van der Waals surface area contributed by atoms with Crippen molar-refractivity contribution >= 4 is 34.5 Å². The van der Waals surface area contributed by atoms with Crippen LogP contribution in [0.4, 0.5) is 11.4 Å². The Balaban J connectivity index is 1.73. The number of hydrogen-bond donors (Lipinski definition) is 1. The number of anilines is 2. The van der Waals surface area contributed by atoms with Gasteiger partial charge in [0.1, 0.15) is 0 Å². The highest BCUT2D eigenvalue weighted by atomic mass is 32.1. The standard InChI is InChI=1S/C22H23N3O2S/c1-24(2)17-12-10-16(11-13-17)15-25(3)22(27)18-7-4-5-8-19(18)23-21(26)20-9-6-14-28-20/h4-14H,15H2,1-3H3,(H,23,26). The molecule has 0 radical (unpaired) electrons. The highest BCUT2D eigenvalue weighted by Gasteiger charge is 2.18. The van der Waals surface area contributed by atoms with Gasteiger partial charge in [-0.15, -0.1) is 11.3 Å². The van der Waals surface area contributed by atoms with E-state index in [9.17, 15) is 9.59 Å². The summed E-state index contributed by atoms with van der Waals surface area (Å²) in [4.78, 5) is 29.6. The first-order valence-corrected chi connectivity index (χ1v) is 9.79. The molecule has 0 saturated heterocycles. The third-order valence-corrected chi connectivity index (χ3v) is 5.24. The van der Waals surface area contributed by atoms with Crippen LogP contribution in [-0.2, 0) is 6.54 Å². The van der Waals surface area contributed by atoms with Crippen molar-refractivity contribution in [3.8, 4) is 0 Å². The van der Waals surface area contributed by atoms with Crippen molar-refractivity contribution in [2.45, 2.75) is 6.54 Å². The number of thiophene rings is 1. The van der Waals surface area contributed by atoms with E-state index in [2.05, 4.69) is 5.32 Å². The zero-order valence-electron chi connectivity index (χ0n) is 16.2. The molecule has 3 rings (SSSR count). The Hall–Kier alpha value is -3.12. The van der Waals surface area contributed by atoms with Gasteiger partial charge >= 0.3 is 0 Å². The van der Waals surface area contributed by atoms with E-state index in [0.717, 1.165) is 11.3 Å². The molecule has 3 aromatic rings. The minimum absolute atomic E-state index is 0.140. The van der Waals surface area contributed by atoms with E-state index in [1.807, 2.05) is 54.7 Å². The van der Waals surface area contributed by atoms with E-state index in [0.29, 0.717) is 22.7 Å². The van der Waals surface area contributed by atoms with Crippen molar-refractivity contribution in [2.75, 3.05) is 31.4 Å². The van der Waals surface area contributed by atoms with Gasteiger partial charge in [0, 0.05) is 33.4 Å². The molecule has 0 aliphatic rings. The van der Waals surface area contributed by atoms with Gasteiger partial charge in [0.15, 0.2) is 0 Å². The number of benzene rings is 2. The first-order chi connectivity index (χ1) is 13.5. The number of para-hydroxylation sites is 1. The van der Waals surface area contributed by atoms with E-state index >= 15 is 0 Å². The monoisotopic (exact) mass is 393 g/mol. The van der Waals surface area contributed by atoms with Crippen LogP contribution in [0, 0.1) is 0 Å². The smallest absolute Gasteiger partial charge is 0.265 e. The third-order valence-electron chi connectivity index (χ3n) is 4.37. The lowest BCUT2D eigenvalue weighted by molar-refractivity contribution is 0.0786. The van der Waals surface area contributed by atoms with E-state index in [4.69, 9.17) is 0 Å². The van der Waals surface area contributed by atoms with E-state index < -0.39 is 0 Å². The van der Waals surface area contributed by atoms with Crippen molar-refractivity contribution in [1.29, 1.82) is 0 Å². The third kappa shape index (κ3) is 4.58. The fourth-order valence-electron chi connectivity index (χ4n) is 2.82. The first-order valence-electron chi connectivity index (χ1n) is 8.91. The number of hydrogen-bond acceptors (Lipinski definition) is 4. The maximum absolute atomic E-state index is 13.0. The Bertz CT molecular complexity index is 950. The number of rotatable bonds is 6. The number of amides is 2. The van der Waals surface area contributed by atoms with Crippen LogP contribution in [0.2, 0.25) is 0 Å². The molecule has 0 unspecified atom stereocenters. The number of carbonyl (C=O) groups excluding carboxylic acids is 2. The number of nitrogens with zero attached hydrogens (tertiary/aromatic N) is 2. The van der Waals surface area contributed by atoms with E-state index in [-0.39, 0.29) is 11.8 Å². The molecule has 2 aromatic carbocycles. The fourth-order valence-corrected chi connectivity index (χ4v) is 3.44. The van der Waals surface area contributed by atoms with E-state index in [1.165, 1.54) is 11.3 Å². The van der Waals surface area contributed by atoms with Crippen LogP contribution in [0.25, 0.3) is 0 Å². The Morgan fingerprint density at radius 3 is 2.29 bits per heavy atom. The average Bonchev–Trinajstić information content (AvgIpc) is 3.23. The van der Waals surface area contributed by atoms with Gasteiger partial charge in [0.05, 0.1) is 16.1 Å². The summed E-state index contributed by atoms with van der Waals surface area (Å²) >= 11 is 1.36. The molecular formula is C22H23N3O2S. The molecule has 0 bridgehead atoms. The number of nitrogens with one attached hydrogen (secondary N) is 1. The molecule has 0 aliphatic carbocycles. The van der Waals surface area contributed by atoms with Crippen LogP contribution in [0.1, 0.15) is 25.6 Å². The summed E-state index contributed by atoms with van der Waals surface area (Å²) in [6.45, 7) is 0.486. The molecule has 2 amide bonds. The lowest BCUT2D eigenvalue weighted by Gasteiger charge is -2.20. The average molecular weight is 394 g/mol. The summed E-state index contributed by atoms with van der Waals surface area (Å²) < 4.78 is 0.